The monoisotopic (exact) mass is 367 g/mol. The third-order valence-corrected chi connectivity index (χ3v) is 5.96. The summed E-state index contributed by atoms with van der Waals surface area (Å²) in [6.07, 6.45) is 4.41. The summed E-state index contributed by atoms with van der Waals surface area (Å²) in [5.41, 5.74) is 1.18. The van der Waals surface area contributed by atoms with Crippen molar-refractivity contribution in [1.82, 2.24) is 15.8 Å². The first-order valence-corrected chi connectivity index (χ1v) is 9.76. The quantitative estimate of drug-likeness (QED) is 0.869. The average Bonchev–Trinajstić information content (AvgIpc) is 3.18. The van der Waals surface area contributed by atoms with Crippen LogP contribution in [0.3, 0.4) is 0 Å². The second-order valence-corrected chi connectivity index (χ2v) is 7.64. The summed E-state index contributed by atoms with van der Waals surface area (Å²) in [6.45, 7) is 2.16. The van der Waals surface area contributed by atoms with Gasteiger partial charge in [0, 0.05) is 30.1 Å². The Morgan fingerprint density at radius 3 is 2.89 bits per heavy atom. The molecule has 6 heteroatoms. The SMILES string of the molecule is CCC1CC(=O)NC2CC(NC(=O)c3cc(-c4ccccc4)on3)CCC12. The van der Waals surface area contributed by atoms with Crippen molar-refractivity contribution in [2.24, 2.45) is 11.8 Å². The van der Waals surface area contributed by atoms with E-state index in [0.29, 0.717) is 24.0 Å². The maximum absolute atomic E-state index is 12.6. The fraction of sp³-hybridized carbons (Fsp3) is 0.476. The molecule has 0 radical (unpaired) electrons. The van der Waals surface area contributed by atoms with E-state index in [1.165, 1.54) is 0 Å². The van der Waals surface area contributed by atoms with Crippen molar-refractivity contribution in [3.8, 4) is 11.3 Å². The van der Waals surface area contributed by atoms with Crippen LogP contribution in [0.15, 0.2) is 40.9 Å². The standard InChI is InChI=1S/C21H25N3O3/c1-2-13-10-20(25)23-17-11-15(8-9-16(13)17)22-21(26)18-12-19(27-24-18)14-6-4-3-5-7-14/h3-7,12-13,15-17H,2,8-11H2,1H3,(H,22,26)(H,23,25). The molecule has 1 aromatic heterocycles. The predicted octanol–water partition coefficient (Wildman–Crippen LogP) is 3.15. The van der Waals surface area contributed by atoms with Gasteiger partial charge in [-0.15, -0.1) is 0 Å². The molecule has 2 aliphatic rings. The fourth-order valence-corrected chi connectivity index (χ4v) is 4.54. The van der Waals surface area contributed by atoms with Crippen molar-refractivity contribution >= 4 is 11.8 Å². The Morgan fingerprint density at radius 2 is 2.11 bits per heavy atom. The summed E-state index contributed by atoms with van der Waals surface area (Å²) < 4.78 is 5.32. The third kappa shape index (κ3) is 3.75. The molecule has 0 bridgehead atoms. The topological polar surface area (TPSA) is 84.2 Å². The van der Waals surface area contributed by atoms with Crippen molar-refractivity contribution in [2.75, 3.05) is 0 Å². The van der Waals surface area contributed by atoms with E-state index in [-0.39, 0.29) is 29.6 Å². The molecule has 2 heterocycles. The maximum atomic E-state index is 12.6. The number of piperidine rings is 1. The number of nitrogens with one attached hydrogen (secondary N) is 2. The lowest BCUT2D eigenvalue weighted by Gasteiger charge is -2.43. The number of carbonyl (C=O) groups is 2. The number of benzene rings is 1. The van der Waals surface area contributed by atoms with E-state index in [2.05, 4.69) is 22.7 Å². The van der Waals surface area contributed by atoms with Crippen molar-refractivity contribution in [1.29, 1.82) is 0 Å². The zero-order valence-electron chi connectivity index (χ0n) is 15.5. The van der Waals surface area contributed by atoms with Gasteiger partial charge in [0.15, 0.2) is 11.5 Å². The van der Waals surface area contributed by atoms with Gasteiger partial charge in [-0.25, -0.2) is 0 Å². The van der Waals surface area contributed by atoms with Crippen molar-refractivity contribution in [3.05, 3.63) is 42.1 Å². The Morgan fingerprint density at radius 1 is 1.30 bits per heavy atom. The zero-order chi connectivity index (χ0) is 18.8. The summed E-state index contributed by atoms with van der Waals surface area (Å²) in [5, 5.41) is 10.1. The lowest BCUT2D eigenvalue weighted by Crippen LogP contribution is -2.55. The van der Waals surface area contributed by atoms with Gasteiger partial charge in [-0.1, -0.05) is 48.8 Å². The highest BCUT2D eigenvalue weighted by atomic mass is 16.5. The lowest BCUT2D eigenvalue weighted by molar-refractivity contribution is -0.127. The molecule has 142 valence electrons. The van der Waals surface area contributed by atoms with Crippen LogP contribution in [0.5, 0.6) is 0 Å². The highest BCUT2D eigenvalue weighted by molar-refractivity contribution is 5.93. The van der Waals surface area contributed by atoms with E-state index >= 15 is 0 Å². The normalized spacial score (nSPS) is 27.5. The van der Waals surface area contributed by atoms with Gasteiger partial charge < -0.3 is 15.2 Å². The van der Waals surface area contributed by atoms with Crippen LogP contribution in [-0.4, -0.2) is 29.1 Å². The van der Waals surface area contributed by atoms with Crippen LogP contribution < -0.4 is 10.6 Å². The molecule has 2 aromatic rings. The van der Waals surface area contributed by atoms with Crippen molar-refractivity contribution < 1.29 is 14.1 Å². The molecule has 1 aromatic carbocycles. The van der Waals surface area contributed by atoms with Crippen LogP contribution in [0.1, 0.15) is 49.5 Å². The summed E-state index contributed by atoms with van der Waals surface area (Å²) in [7, 11) is 0. The molecule has 1 saturated heterocycles. The molecule has 2 N–H and O–H groups in total. The van der Waals surface area contributed by atoms with Gasteiger partial charge in [0.25, 0.3) is 5.91 Å². The number of nitrogens with zero attached hydrogens (tertiary/aromatic N) is 1. The highest BCUT2D eigenvalue weighted by Gasteiger charge is 2.40. The first kappa shape index (κ1) is 17.8. The molecule has 0 spiro atoms. The Balaban J connectivity index is 1.39. The zero-order valence-corrected chi connectivity index (χ0v) is 15.5. The van der Waals surface area contributed by atoms with Crippen molar-refractivity contribution in [3.63, 3.8) is 0 Å². The van der Waals surface area contributed by atoms with Gasteiger partial charge in [-0.05, 0) is 31.1 Å². The molecule has 6 nitrogen and oxygen atoms in total. The molecule has 2 amide bonds. The minimum absolute atomic E-state index is 0.0477. The number of hydrogen-bond donors (Lipinski definition) is 2. The minimum atomic E-state index is -0.224. The summed E-state index contributed by atoms with van der Waals surface area (Å²) >= 11 is 0. The van der Waals surface area contributed by atoms with E-state index < -0.39 is 0 Å². The maximum Gasteiger partial charge on any atom is 0.273 e. The molecule has 2 fully saturated rings. The molecule has 4 rings (SSSR count). The first-order chi connectivity index (χ1) is 13.1. The number of rotatable bonds is 4. The summed E-state index contributed by atoms with van der Waals surface area (Å²) in [6, 6.07) is 11.5. The van der Waals surface area contributed by atoms with Gasteiger partial charge in [0.05, 0.1) is 0 Å². The Bertz CT molecular complexity index is 817. The van der Waals surface area contributed by atoms with Gasteiger partial charge in [-0.3, -0.25) is 9.59 Å². The fourth-order valence-electron chi connectivity index (χ4n) is 4.54. The number of aromatic nitrogens is 1. The smallest absolute Gasteiger partial charge is 0.273 e. The second-order valence-electron chi connectivity index (χ2n) is 7.64. The Hall–Kier alpha value is -2.63. The van der Waals surface area contributed by atoms with Gasteiger partial charge in [0.1, 0.15) is 0 Å². The van der Waals surface area contributed by atoms with E-state index in [1.807, 2.05) is 30.3 Å². The Labute approximate surface area is 158 Å². The second kappa shape index (κ2) is 7.55. The van der Waals surface area contributed by atoms with Crippen LogP contribution in [0.4, 0.5) is 0 Å². The molecule has 27 heavy (non-hydrogen) atoms. The minimum Gasteiger partial charge on any atom is -0.355 e. The molecular formula is C21H25N3O3. The van der Waals surface area contributed by atoms with Gasteiger partial charge in [-0.2, -0.15) is 0 Å². The third-order valence-electron chi connectivity index (χ3n) is 5.96. The van der Waals surface area contributed by atoms with E-state index in [0.717, 1.165) is 31.2 Å². The molecule has 4 atom stereocenters. The van der Waals surface area contributed by atoms with Crippen LogP contribution in [0, 0.1) is 11.8 Å². The highest BCUT2D eigenvalue weighted by Crippen LogP contribution is 2.37. The largest absolute Gasteiger partial charge is 0.355 e. The first-order valence-electron chi connectivity index (χ1n) is 9.76. The molecule has 4 unspecified atom stereocenters. The Kier molecular flexibility index (Phi) is 4.97. The van der Waals surface area contributed by atoms with Crippen LogP contribution >= 0.6 is 0 Å². The number of carbonyl (C=O) groups excluding carboxylic acids is 2. The van der Waals surface area contributed by atoms with E-state index in [9.17, 15) is 9.59 Å². The van der Waals surface area contributed by atoms with Crippen LogP contribution in [0.25, 0.3) is 11.3 Å². The lowest BCUT2D eigenvalue weighted by atomic mass is 9.70. The molecule has 1 aliphatic carbocycles. The molecule has 1 aliphatic heterocycles. The van der Waals surface area contributed by atoms with Crippen LogP contribution in [0.2, 0.25) is 0 Å². The summed E-state index contributed by atoms with van der Waals surface area (Å²) in [5.74, 6) is 1.48. The van der Waals surface area contributed by atoms with E-state index in [1.54, 1.807) is 6.07 Å². The number of hydrogen-bond acceptors (Lipinski definition) is 4. The summed E-state index contributed by atoms with van der Waals surface area (Å²) in [4.78, 5) is 24.5. The number of amides is 2. The number of fused-ring (bicyclic) bond motifs is 1. The van der Waals surface area contributed by atoms with Crippen LogP contribution in [-0.2, 0) is 4.79 Å². The van der Waals surface area contributed by atoms with Gasteiger partial charge >= 0.3 is 0 Å². The van der Waals surface area contributed by atoms with E-state index in [4.69, 9.17) is 4.52 Å². The molecule has 1 saturated carbocycles. The predicted molar refractivity (Wildman–Crippen MR) is 101 cm³/mol. The van der Waals surface area contributed by atoms with Gasteiger partial charge in [0.2, 0.25) is 5.91 Å². The average molecular weight is 367 g/mol. The molecular weight excluding hydrogens is 342 g/mol. The van der Waals surface area contributed by atoms with Crippen molar-refractivity contribution in [2.45, 2.75) is 51.1 Å².